The average Bonchev–Trinajstić information content (AvgIpc) is 3.27. The lowest BCUT2D eigenvalue weighted by molar-refractivity contribution is -0.119. The molecule has 1 unspecified atom stereocenters. The summed E-state index contributed by atoms with van der Waals surface area (Å²) < 4.78 is 20.0. The van der Waals surface area contributed by atoms with E-state index in [2.05, 4.69) is 24.5 Å². The van der Waals surface area contributed by atoms with Crippen LogP contribution in [0.1, 0.15) is 38.5 Å². The molecular weight excluding hydrogens is 433 g/mol. The summed E-state index contributed by atoms with van der Waals surface area (Å²) in [5.74, 6) is -0.319. The summed E-state index contributed by atoms with van der Waals surface area (Å²) in [6.45, 7) is 4.05. The molecule has 2 heterocycles. The first kappa shape index (κ1) is 21.9. The number of para-hydroxylation sites is 3. The van der Waals surface area contributed by atoms with Gasteiger partial charge >= 0.3 is 0 Å². The first-order valence-electron chi connectivity index (χ1n) is 11.3. The van der Waals surface area contributed by atoms with Crippen LogP contribution in [0.25, 0.3) is 0 Å². The minimum Gasteiger partial charge on any atom is -0.467 e. The van der Waals surface area contributed by atoms with E-state index in [0.29, 0.717) is 24.2 Å². The van der Waals surface area contributed by atoms with Gasteiger partial charge in [-0.2, -0.15) is 0 Å². The first-order chi connectivity index (χ1) is 16.3. The Bertz CT molecular complexity index is 1280. The molecule has 174 valence electrons. The van der Waals surface area contributed by atoms with E-state index in [1.54, 1.807) is 24.5 Å². The maximum absolute atomic E-state index is 14.2. The topological polar surface area (TPSA) is 74.6 Å². The van der Waals surface area contributed by atoms with Crippen molar-refractivity contribution in [3.05, 3.63) is 89.8 Å². The molecule has 7 heteroatoms. The molecule has 1 amide bonds. The molecule has 2 aliphatic rings. The van der Waals surface area contributed by atoms with Gasteiger partial charge in [0.15, 0.2) is 5.78 Å². The van der Waals surface area contributed by atoms with Gasteiger partial charge in [-0.25, -0.2) is 4.39 Å². The number of anilines is 3. The standard InChI is InChI=1S/C27H26FN3O3/c1-27(2)14-20-25(22(32)15-27)26(23-12-7-13-34-23)31(21-11-6-5-10-19(21)29-20)16-24(33)30-18-9-4-3-8-17(18)28/h3-13,26,29H,14-16H2,1-2H3,(H,30,33). The average molecular weight is 460 g/mol. The fourth-order valence-electron chi connectivity index (χ4n) is 4.88. The van der Waals surface area contributed by atoms with Crippen molar-refractivity contribution in [3.8, 4) is 0 Å². The highest BCUT2D eigenvalue weighted by molar-refractivity contribution is 6.02. The van der Waals surface area contributed by atoms with Crippen molar-refractivity contribution in [2.24, 2.45) is 5.41 Å². The number of allylic oxidation sites excluding steroid dienone is 1. The van der Waals surface area contributed by atoms with E-state index >= 15 is 0 Å². The Balaban J connectivity index is 1.61. The van der Waals surface area contributed by atoms with Crippen molar-refractivity contribution in [2.45, 2.75) is 32.7 Å². The Morgan fingerprint density at radius 3 is 2.65 bits per heavy atom. The molecule has 1 atom stereocenters. The first-order valence-corrected chi connectivity index (χ1v) is 11.3. The predicted octanol–water partition coefficient (Wildman–Crippen LogP) is 5.67. The fourth-order valence-corrected chi connectivity index (χ4v) is 4.88. The van der Waals surface area contributed by atoms with Crippen LogP contribution in [0.5, 0.6) is 0 Å². The van der Waals surface area contributed by atoms with Gasteiger partial charge in [0, 0.05) is 17.7 Å². The third-order valence-corrected chi connectivity index (χ3v) is 6.28. The summed E-state index contributed by atoms with van der Waals surface area (Å²) >= 11 is 0. The van der Waals surface area contributed by atoms with Gasteiger partial charge in [0.2, 0.25) is 5.91 Å². The Labute approximate surface area is 197 Å². The lowest BCUT2D eigenvalue weighted by Crippen LogP contribution is -2.40. The van der Waals surface area contributed by atoms with E-state index in [0.717, 1.165) is 17.1 Å². The summed E-state index contributed by atoms with van der Waals surface area (Å²) in [5.41, 5.74) is 2.92. The smallest absolute Gasteiger partial charge is 0.244 e. The van der Waals surface area contributed by atoms with E-state index < -0.39 is 17.8 Å². The normalized spacial score (nSPS) is 19.1. The minimum atomic E-state index is -0.601. The van der Waals surface area contributed by atoms with E-state index in [1.165, 1.54) is 12.1 Å². The second-order valence-electron chi connectivity index (χ2n) is 9.55. The quantitative estimate of drug-likeness (QED) is 0.526. The van der Waals surface area contributed by atoms with Gasteiger partial charge in [0.25, 0.3) is 0 Å². The fraction of sp³-hybridized carbons (Fsp3) is 0.259. The van der Waals surface area contributed by atoms with Crippen LogP contribution in [0.4, 0.5) is 21.5 Å². The summed E-state index contributed by atoms with van der Waals surface area (Å²) in [6, 6.07) is 16.7. The van der Waals surface area contributed by atoms with Gasteiger partial charge in [-0.05, 0) is 48.2 Å². The number of nitrogens with zero attached hydrogens (tertiary/aromatic N) is 1. The number of halogens is 1. The van der Waals surface area contributed by atoms with Crippen molar-refractivity contribution < 1.29 is 18.4 Å². The summed E-state index contributed by atoms with van der Waals surface area (Å²) in [4.78, 5) is 28.5. The number of carbonyl (C=O) groups is 2. The Morgan fingerprint density at radius 1 is 1.12 bits per heavy atom. The lowest BCUT2D eigenvalue weighted by atomic mass is 9.74. The summed E-state index contributed by atoms with van der Waals surface area (Å²) in [6.07, 6.45) is 2.65. The number of ketones is 1. The molecule has 2 aromatic carbocycles. The van der Waals surface area contributed by atoms with Crippen LogP contribution >= 0.6 is 0 Å². The zero-order valence-corrected chi connectivity index (χ0v) is 19.1. The molecule has 0 saturated carbocycles. The molecule has 0 radical (unpaired) electrons. The highest BCUT2D eigenvalue weighted by atomic mass is 19.1. The number of carbonyl (C=O) groups excluding carboxylic acids is 2. The highest BCUT2D eigenvalue weighted by Gasteiger charge is 2.42. The van der Waals surface area contributed by atoms with E-state index in [9.17, 15) is 14.0 Å². The second-order valence-corrected chi connectivity index (χ2v) is 9.55. The second kappa shape index (κ2) is 8.48. The third kappa shape index (κ3) is 4.09. The minimum absolute atomic E-state index is 0.0208. The van der Waals surface area contributed by atoms with Crippen LogP contribution in [0.3, 0.4) is 0 Å². The zero-order chi connectivity index (χ0) is 23.9. The van der Waals surface area contributed by atoms with Gasteiger partial charge in [0.1, 0.15) is 17.6 Å². The van der Waals surface area contributed by atoms with Crippen molar-refractivity contribution in [3.63, 3.8) is 0 Å². The lowest BCUT2D eigenvalue weighted by Gasteiger charge is -2.36. The molecule has 6 nitrogen and oxygen atoms in total. The molecule has 3 aromatic rings. The molecule has 5 rings (SSSR count). The number of hydrogen-bond donors (Lipinski definition) is 2. The van der Waals surface area contributed by atoms with Crippen molar-refractivity contribution in [1.82, 2.24) is 0 Å². The van der Waals surface area contributed by atoms with Crippen LogP contribution in [-0.2, 0) is 9.59 Å². The van der Waals surface area contributed by atoms with E-state index in [-0.39, 0.29) is 23.4 Å². The van der Waals surface area contributed by atoms with Crippen LogP contribution in [0.15, 0.2) is 82.6 Å². The highest BCUT2D eigenvalue weighted by Crippen LogP contribution is 2.48. The molecule has 1 aliphatic heterocycles. The Morgan fingerprint density at radius 2 is 1.88 bits per heavy atom. The van der Waals surface area contributed by atoms with E-state index in [4.69, 9.17) is 4.42 Å². The molecule has 2 N–H and O–H groups in total. The summed E-state index contributed by atoms with van der Waals surface area (Å²) in [7, 11) is 0. The molecule has 1 aliphatic carbocycles. The van der Waals surface area contributed by atoms with Gasteiger partial charge in [-0.3, -0.25) is 9.59 Å². The molecule has 0 bridgehead atoms. The van der Waals surface area contributed by atoms with Gasteiger partial charge < -0.3 is 20.0 Å². The number of amides is 1. The van der Waals surface area contributed by atoms with Crippen LogP contribution in [0.2, 0.25) is 0 Å². The monoisotopic (exact) mass is 459 g/mol. The molecule has 0 saturated heterocycles. The number of fused-ring (bicyclic) bond motifs is 1. The SMILES string of the molecule is CC1(C)CC(=O)C2=C(C1)Nc1ccccc1N(CC(=O)Nc1ccccc1F)C2c1ccco1. The van der Waals surface area contributed by atoms with Crippen molar-refractivity contribution in [2.75, 3.05) is 22.1 Å². The van der Waals surface area contributed by atoms with Gasteiger partial charge in [-0.15, -0.1) is 0 Å². The molecule has 1 aromatic heterocycles. The van der Waals surface area contributed by atoms with Gasteiger partial charge in [0.05, 0.1) is 29.9 Å². The maximum atomic E-state index is 14.2. The summed E-state index contributed by atoms with van der Waals surface area (Å²) in [5, 5.41) is 6.15. The number of rotatable bonds is 4. The Hall–Kier alpha value is -3.87. The number of nitrogens with one attached hydrogen (secondary N) is 2. The molecule has 0 spiro atoms. The number of Topliss-reactive ketones (excluding diaryl/α,β-unsaturated/α-hetero) is 1. The predicted molar refractivity (Wildman–Crippen MR) is 129 cm³/mol. The number of benzene rings is 2. The molecule has 0 fully saturated rings. The number of hydrogen-bond acceptors (Lipinski definition) is 5. The van der Waals surface area contributed by atoms with Gasteiger partial charge in [-0.1, -0.05) is 38.1 Å². The Kier molecular flexibility index (Phi) is 5.48. The van der Waals surface area contributed by atoms with Crippen LogP contribution < -0.4 is 15.5 Å². The molecular formula is C27H26FN3O3. The molecule has 34 heavy (non-hydrogen) atoms. The largest absolute Gasteiger partial charge is 0.467 e. The van der Waals surface area contributed by atoms with Crippen molar-refractivity contribution >= 4 is 28.8 Å². The van der Waals surface area contributed by atoms with E-state index in [1.807, 2.05) is 35.2 Å². The maximum Gasteiger partial charge on any atom is 0.244 e. The van der Waals surface area contributed by atoms with Crippen molar-refractivity contribution in [1.29, 1.82) is 0 Å². The van der Waals surface area contributed by atoms with Crippen LogP contribution in [-0.4, -0.2) is 18.2 Å². The number of furan rings is 1. The van der Waals surface area contributed by atoms with Crippen LogP contribution in [0, 0.1) is 11.2 Å². The zero-order valence-electron chi connectivity index (χ0n) is 19.1. The third-order valence-electron chi connectivity index (χ3n) is 6.28.